The van der Waals surface area contributed by atoms with E-state index in [1.165, 1.54) is 0 Å². The van der Waals surface area contributed by atoms with Crippen LogP contribution >= 0.6 is 11.6 Å². The topological polar surface area (TPSA) is 66.2 Å². The van der Waals surface area contributed by atoms with Crippen LogP contribution < -0.4 is 56.5 Å². The molecule has 2 aromatic carbocycles. The maximum absolute atomic E-state index is 10.5. The molecule has 3 rings (SSSR count). The van der Waals surface area contributed by atoms with Crippen molar-refractivity contribution in [2.45, 2.75) is 12.8 Å². The molecule has 1 aromatic heterocycles. The van der Waals surface area contributed by atoms with Crippen molar-refractivity contribution in [2.24, 2.45) is 0 Å². The average molecular weight is 340 g/mol. The van der Waals surface area contributed by atoms with Gasteiger partial charge in [-0.15, -0.1) is 0 Å². The second-order valence-corrected chi connectivity index (χ2v) is 5.14. The normalized spacial score (nSPS) is 10.4. The average Bonchev–Trinajstić information content (AvgIpc) is 2.88. The van der Waals surface area contributed by atoms with Crippen LogP contribution in [0.4, 0.5) is 0 Å². The first kappa shape index (κ1) is 17.7. The second kappa shape index (κ2) is 7.72. The summed E-state index contributed by atoms with van der Waals surface area (Å²) in [7, 11) is 0. The van der Waals surface area contributed by atoms with Gasteiger partial charge in [0.2, 0.25) is 5.89 Å². The fraction of sp³-hybridized carbons (Fsp3) is 0.125. The minimum absolute atomic E-state index is 0. The molecule has 22 heavy (non-hydrogen) atoms. The van der Waals surface area contributed by atoms with Crippen molar-refractivity contribution >= 4 is 28.7 Å². The third kappa shape index (κ3) is 4.19. The molecule has 0 saturated carbocycles. The summed E-state index contributed by atoms with van der Waals surface area (Å²) in [5.74, 6) is -0.546. The van der Waals surface area contributed by atoms with E-state index in [0.29, 0.717) is 28.4 Å². The van der Waals surface area contributed by atoms with E-state index < -0.39 is 5.97 Å². The van der Waals surface area contributed by atoms with E-state index in [1.54, 1.807) is 18.2 Å². The molecule has 0 saturated heterocycles. The van der Waals surface area contributed by atoms with Gasteiger partial charge in [-0.2, -0.15) is 0 Å². The summed E-state index contributed by atoms with van der Waals surface area (Å²) in [6, 6.07) is 12.7. The van der Waals surface area contributed by atoms with Gasteiger partial charge >= 0.3 is 51.4 Å². The van der Waals surface area contributed by atoms with Gasteiger partial charge < -0.3 is 14.3 Å². The van der Waals surface area contributed by atoms with E-state index in [4.69, 9.17) is 16.0 Å². The summed E-state index contributed by atoms with van der Waals surface area (Å²) in [5, 5.41) is 11.1. The molecule has 0 aliphatic heterocycles. The van der Waals surface area contributed by atoms with Crippen molar-refractivity contribution in [3.05, 3.63) is 53.1 Å². The zero-order valence-electron chi connectivity index (χ0n) is 12.0. The van der Waals surface area contributed by atoms with Gasteiger partial charge in [0.25, 0.3) is 0 Å². The van der Waals surface area contributed by atoms with Crippen molar-refractivity contribution in [3.8, 4) is 11.5 Å². The van der Waals surface area contributed by atoms with Crippen LogP contribution in [0.2, 0.25) is 5.02 Å². The number of hydrogen-bond donors (Lipinski definition) is 0. The maximum atomic E-state index is 10.5. The van der Waals surface area contributed by atoms with Crippen LogP contribution in [-0.4, -0.2) is 11.0 Å². The Morgan fingerprint density at radius 3 is 2.59 bits per heavy atom. The van der Waals surface area contributed by atoms with Gasteiger partial charge in [0.05, 0.1) is 0 Å². The predicted octanol–water partition coefficient (Wildman–Crippen LogP) is -0.165. The number of aryl methyl sites for hydroxylation is 1. The number of hydrogen-bond acceptors (Lipinski definition) is 4. The molecule has 1 heterocycles. The molecule has 6 heteroatoms. The quantitative estimate of drug-likeness (QED) is 0.619. The van der Waals surface area contributed by atoms with Crippen LogP contribution in [-0.2, 0) is 11.2 Å². The molecular weight excluding hydrogens is 329 g/mol. The standard InChI is InChI=1S/C16H12ClNO3.K/c17-12-5-3-11(4-6-12)16-18-13-9-10(2-8-15(19)20)1-7-14(13)21-16;/h1,3-7,9H,2,8H2,(H,19,20);/q;+1/p-1. The molecule has 0 atom stereocenters. The Morgan fingerprint density at radius 2 is 1.91 bits per heavy atom. The SMILES string of the molecule is O=C([O-])CCc1ccc2oc(-c3ccc(Cl)cc3)nc2c1.[K+]. The van der Waals surface area contributed by atoms with E-state index in [1.807, 2.05) is 24.3 Å². The van der Waals surface area contributed by atoms with Gasteiger partial charge in [-0.1, -0.05) is 17.7 Å². The number of nitrogens with zero attached hydrogens (tertiary/aromatic N) is 1. The Labute approximate surface area is 174 Å². The minimum Gasteiger partial charge on any atom is -0.550 e. The number of benzene rings is 2. The fourth-order valence-corrected chi connectivity index (χ4v) is 2.22. The Balaban J connectivity index is 0.00000176. The number of fused-ring (bicyclic) bond motifs is 1. The molecule has 3 aromatic rings. The molecule has 0 unspecified atom stereocenters. The molecular formula is C16H11ClKNO3. The summed E-state index contributed by atoms with van der Waals surface area (Å²) in [5.41, 5.74) is 3.10. The van der Waals surface area contributed by atoms with Crippen molar-refractivity contribution in [3.63, 3.8) is 0 Å². The smallest absolute Gasteiger partial charge is 0.550 e. The molecule has 0 amide bonds. The number of carboxylic acid groups (broad SMARTS) is 1. The number of carbonyl (C=O) groups is 1. The maximum Gasteiger partial charge on any atom is 1.00 e. The molecule has 0 aliphatic carbocycles. The Hall–Kier alpha value is -0.694. The van der Waals surface area contributed by atoms with E-state index >= 15 is 0 Å². The van der Waals surface area contributed by atoms with Crippen molar-refractivity contribution in [1.29, 1.82) is 0 Å². The number of carbonyl (C=O) groups excluding carboxylic acids is 1. The summed E-state index contributed by atoms with van der Waals surface area (Å²) in [6.07, 6.45) is 0.412. The van der Waals surface area contributed by atoms with Gasteiger partial charge in [-0.05, 0) is 54.8 Å². The number of carboxylic acids is 1. The Bertz CT molecular complexity index is 799. The molecule has 0 N–H and O–H groups in total. The van der Waals surface area contributed by atoms with E-state index in [0.717, 1.165) is 11.1 Å². The minimum atomic E-state index is -1.06. The molecule has 0 radical (unpaired) electrons. The van der Waals surface area contributed by atoms with Gasteiger partial charge in [0.15, 0.2) is 5.58 Å². The van der Waals surface area contributed by atoms with Gasteiger partial charge in [0, 0.05) is 16.6 Å². The van der Waals surface area contributed by atoms with Crippen molar-refractivity contribution < 1.29 is 65.7 Å². The fourth-order valence-electron chi connectivity index (χ4n) is 2.09. The van der Waals surface area contributed by atoms with Crippen molar-refractivity contribution in [2.75, 3.05) is 0 Å². The zero-order valence-corrected chi connectivity index (χ0v) is 15.9. The Kier molecular flexibility index (Phi) is 6.20. The van der Waals surface area contributed by atoms with E-state index in [2.05, 4.69) is 4.98 Å². The van der Waals surface area contributed by atoms with Crippen molar-refractivity contribution in [1.82, 2.24) is 4.98 Å². The summed E-state index contributed by atoms with van der Waals surface area (Å²) in [6.45, 7) is 0. The Morgan fingerprint density at radius 1 is 1.18 bits per heavy atom. The largest absolute Gasteiger partial charge is 1.00 e. The first-order chi connectivity index (χ1) is 10.1. The summed E-state index contributed by atoms with van der Waals surface area (Å²) in [4.78, 5) is 14.9. The summed E-state index contributed by atoms with van der Waals surface area (Å²) >= 11 is 5.85. The summed E-state index contributed by atoms with van der Waals surface area (Å²) < 4.78 is 5.69. The van der Waals surface area contributed by atoms with E-state index in [-0.39, 0.29) is 57.8 Å². The number of rotatable bonds is 4. The predicted molar refractivity (Wildman–Crippen MR) is 77.8 cm³/mol. The number of halogens is 1. The third-order valence-corrected chi connectivity index (χ3v) is 3.41. The van der Waals surface area contributed by atoms with Gasteiger partial charge in [0.1, 0.15) is 5.52 Å². The first-order valence-electron chi connectivity index (χ1n) is 6.47. The number of oxazole rings is 1. The van der Waals surface area contributed by atoms with Crippen LogP contribution in [0.15, 0.2) is 46.9 Å². The molecule has 4 nitrogen and oxygen atoms in total. The number of aromatic nitrogens is 1. The third-order valence-electron chi connectivity index (χ3n) is 3.16. The van der Waals surface area contributed by atoms with Crippen LogP contribution in [0.25, 0.3) is 22.6 Å². The molecule has 0 spiro atoms. The first-order valence-corrected chi connectivity index (χ1v) is 6.85. The zero-order chi connectivity index (χ0) is 14.8. The van der Waals surface area contributed by atoms with E-state index in [9.17, 15) is 9.90 Å². The monoisotopic (exact) mass is 339 g/mol. The molecule has 0 fully saturated rings. The van der Waals surface area contributed by atoms with Crippen LogP contribution in [0, 0.1) is 0 Å². The van der Waals surface area contributed by atoms with Gasteiger partial charge in [-0.3, -0.25) is 0 Å². The molecule has 106 valence electrons. The second-order valence-electron chi connectivity index (χ2n) is 4.70. The molecule has 0 bridgehead atoms. The van der Waals surface area contributed by atoms with Crippen LogP contribution in [0.1, 0.15) is 12.0 Å². The number of aliphatic carboxylic acids is 1. The van der Waals surface area contributed by atoms with Crippen LogP contribution in [0.5, 0.6) is 0 Å². The molecule has 0 aliphatic rings. The van der Waals surface area contributed by atoms with Crippen LogP contribution in [0.3, 0.4) is 0 Å². The van der Waals surface area contributed by atoms with Gasteiger partial charge in [-0.25, -0.2) is 4.98 Å².